The Morgan fingerprint density at radius 3 is 2.23 bits per heavy atom. The van der Waals surface area contributed by atoms with Crippen LogP contribution in [0.2, 0.25) is 10.0 Å². The number of hydrogen-bond acceptors (Lipinski definition) is 2. The van der Waals surface area contributed by atoms with Crippen molar-refractivity contribution < 1.29 is 4.79 Å². The number of rotatable bonds is 2. The molecule has 1 amide bonds. The van der Waals surface area contributed by atoms with Crippen LogP contribution in [0, 0.1) is 0 Å². The molecule has 0 spiro atoms. The minimum absolute atomic E-state index is 0.0810. The predicted octanol–water partition coefficient (Wildman–Crippen LogP) is 3.96. The number of piperazine rings is 1. The van der Waals surface area contributed by atoms with Crippen LogP contribution >= 0.6 is 23.2 Å². The van der Waals surface area contributed by atoms with Gasteiger partial charge in [-0.2, -0.15) is 0 Å². The molecule has 0 radical (unpaired) electrons. The highest BCUT2D eigenvalue weighted by Gasteiger charge is 2.23. The molecule has 0 unspecified atom stereocenters. The first-order valence-corrected chi connectivity index (χ1v) is 7.95. The largest absolute Gasteiger partial charge is 0.367 e. The number of carbonyl (C=O) groups excluding carboxylic acids is 1. The zero-order valence-electron chi connectivity index (χ0n) is 12.0. The molecule has 0 bridgehead atoms. The zero-order chi connectivity index (χ0) is 15.5. The van der Waals surface area contributed by atoms with Gasteiger partial charge >= 0.3 is 0 Å². The highest BCUT2D eigenvalue weighted by molar-refractivity contribution is 6.43. The fraction of sp³-hybridized carbons (Fsp3) is 0.235. The Morgan fingerprint density at radius 1 is 0.864 bits per heavy atom. The van der Waals surface area contributed by atoms with Crippen LogP contribution < -0.4 is 4.90 Å². The molecule has 1 fully saturated rings. The summed E-state index contributed by atoms with van der Waals surface area (Å²) < 4.78 is 0. The number of anilines is 1. The van der Waals surface area contributed by atoms with E-state index in [1.54, 1.807) is 6.07 Å². The summed E-state index contributed by atoms with van der Waals surface area (Å²) in [6.45, 7) is 2.85. The quantitative estimate of drug-likeness (QED) is 0.829. The molecule has 0 N–H and O–H groups in total. The van der Waals surface area contributed by atoms with Crippen LogP contribution in [0.4, 0.5) is 5.69 Å². The average Bonchev–Trinajstić information content (AvgIpc) is 2.58. The summed E-state index contributed by atoms with van der Waals surface area (Å²) in [7, 11) is 0. The Balaban J connectivity index is 1.68. The van der Waals surface area contributed by atoms with Gasteiger partial charge in [0, 0.05) is 31.7 Å². The molecule has 22 heavy (non-hydrogen) atoms. The summed E-state index contributed by atoms with van der Waals surface area (Å²) in [5.41, 5.74) is 1.66. The molecule has 2 aromatic rings. The molecule has 0 aromatic heterocycles. The van der Waals surface area contributed by atoms with Crippen LogP contribution in [0.3, 0.4) is 0 Å². The van der Waals surface area contributed by atoms with Crippen LogP contribution in [0.5, 0.6) is 0 Å². The van der Waals surface area contributed by atoms with E-state index >= 15 is 0 Å². The van der Waals surface area contributed by atoms with Crippen molar-refractivity contribution in [3.8, 4) is 0 Å². The van der Waals surface area contributed by atoms with Gasteiger partial charge in [-0.3, -0.25) is 4.79 Å². The minimum atomic E-state index is 0.0810. The minimum Gasteiger partial charge on any atom is -0.367 e. The SMILES string of the molecule is O=C(c1ccccc1)N1CCN(c2cccc(Cl)c2Cl)CC1. The zero-order valence-corrected chi connectivity index (χ0v) is 13.5. The average molecular weight is 335 g/mol. The Bertz CT molecular complexity index is 668. The summed E-state index contributed by atoms with van der Waals surface area (Å²) in [5.74, 6) is 0.0810. The van der Waals surface area contributed by atoms with Crippen molar-refractivity contribution in [2.45, 2.75) is 0 Å². The second-order valence-electron chi connectivity index (χ2n) is 5.22. The maximum atomic E-state index is 12.4. The lowest BCUT2D eigenvalue weighted by Crippen LogP contribution is -2.48. The van der Waals surface area contributed by atoms with E-state index in [0.717, 1.165) is 24.3 Å². The topological polar surface area (TPSA) is 23.6 Å². The van der Waals surface area contributed by atoms with Crippen LogP contribution in [0.1, 0.15) is 10.4 Å². The molecular weight excluding hydrogens is 319 g/mol. The molecule has 3 rings (SSSR count). The van der Waals surface area contributed by atoms with E-state index in [2.05, 4.69) is 4.90 Å². The molecule has 0 aliphatic carbocycles. The lowest BCUT2D eigenvalue weighted by atomic mass is 10.1. The monoisotopic (exact) mass is 334 g/mol. The maximum Gasteiger partial charge on any atom is 0.253 e. The van der Waals surface area contributed by atoms with Crippen LogP contribution in [0.15, 0.2) is 48.5 Å². The normalized spacial score (nSPS) is 15.0. The van der Waals surface area contributed by atoms with E-state index in [1.807, 2.05) is 47.4 Å². The summed E-state index contributed by atoms with van der Waals surface area (Å²) in [4.78, 5) is 16.5. The summed E-state index contributed by atoms with van der Waals surface area (Å²) in [6, 6.07) is 15.0. The number of benzene rings is 2. The molecule has 114 valence electrons. The molecule has 1 aliphatic heterocycles. The van der Waals surface area contributed by atoms with Gasteiger partial charge in [-0.15, -0.1) is 0 Å². The Morgan fingerprint density at radius 2 is 1.55 bits per heavy atom. The Kier molecular flexibility index (Phi) is 4.55. The first kappa shape index (κ1) is 15.2. The second-order valence-corrected chi connectivity index (χ2v) is 6.00. The summed E-state index contributed by atoms with van der Waals surface area (Å²) >= 11 is 12.3. The number of amides is 1. The molecule has 0 saturated carbocycles. The third-order valence-electron chi connectivity index (χ3n) is 3.86. The van der Waals surface area contributed by atoms with Gasteiger partial charge < -0.3 is 9.80 Å². The Labute approximate surface area is 140 Å². The van der Waals surface area contributed by atoms with Crippen molar-refractivity contribution in [3.63, 3.8) is 0 Å². The van der Waals surface area contributed by atoms with Gasteiger partial charge in [0.05, 0.1) is 15.7 Å². The third kappa shape index (κ3) is 3.06. The van der Waals surface area contributed by atoms with Crippen molar-refractivity contribution in [1.29, 1.82) is 0 Å². The fourth-order valence-corrected chi connectivity index (χ4v) is 3.07. The van der Waals surface area contributed by atoms with E-state index in [-0.39, 0.29) is 5.91 Å². The van der Waals surface area contributed by atoms with Gasteiger partial charge in [0.15, 0.2) is 0 Å². The summed E-state index contributed by atoms with van der Waals surface area (Å²) in [6.07, 6.45) is 0. The highest BCUT2D eigenvalue weighted by atomic mass is 35.5. The smallest absolute Gasteiger partial charge is 0.253 e. The van der Waals surface area contributed by atoms with Gasteiger partial charge in [0.2, 0.25) is 0 Å². The van der Waals surface area contributed by atoms with E-state index in [1.165, 1.54) is 0 Å². The standard InChI is InChI=1S/C17H16Cl2N2O/c18-14-7-4-8-15(16(14)19)20-9-11-21(12-10-20)17(22)13-5-2-1-3-6-13/h1-8H,9-12H2. The molecule has 2 aromatic carbocycles. The van der Waals surface area contributed by atoms with E-state index in [9.17, 15) is 4.79 Å². The highest BCUT2D eigenvalue weighted by Crippen LogP contribution is 2.32. The fourth-order valence-electron chi connectivity index (χ4n) is 2.65. The van der Waals surface area contributed by atoms with Crippen LogP contribution in [-0.4, -0.2) is 37.0 Å². The first-order valence-electron chi connectivity index (χ1n) is 7.20. The maximum absolute atomic E-state index is 12.4. The molecule has 5 heteroatoms. The first-order chi connectivity index (χ1) is 10.7. The number of nitrogens with zero attached hydrogens (tertiary/aromatic N) is 2. The van der Waals surface area contributed by atoms with Gasteiger partial charge in [-0.05, 0) is 24.3 Å². The number of halogens is 2. The number of hydrogen-bond donors (Lipinski definition) is 0. The molecule has 1 saturated heterocycles. The van der Waals surface area contributed by atoms with E-state index < -0.39 is 0 Å². The molecule has 0 atom stereocenters. The second kappa shape index (κ2) is 6.59. The van der Waals surface area contributed by atoms with Crippen molar-refractivity contribution in [1.82, 2.24) is 4.90 Å². The summed E-state index contributed by atoms with van der Waals surface area (Å²) in [5, 5.41) is 1.13. The van der Waals surface area contributed by atoms with Crippen molar-refractivity contribution >= 4 is 34.8 Å². The van der Waals surface area contributed by atoms with Crippen molar-refractivity contribution in [2.24, 2.45) is 0 Å². The van der Waals surface area contributed by atoms with Crippen molar-refractivity contribution in [2.75, 3.05) is 31.1 Å². The Hall–Kier alpha value is -1.71. The number of carbonyl (C=O) groups is 1. The lowest BCUT2D eigenvalue weighted by molar-refractivity contribution is 0.0747. The molecule has 1 heterocycles. The van der Waals surface area contributed by atoms with Crippen LogP contribution in [-0.2, 0) is 0 Å². The molecule has 1 aliphatic rings. The van der Waals surface area contributed by atoms with E-state index in [4.69, 9.17) is 23.2 Å². The van der Waals surface area contributed by atoms with Crippen molar-refractivity contribution in [3.05, 3.63) is 64.1 Å². The van der Waals surface area contributed by atoms with E-state index in [0.29, 0.717) is 23.1 Å². The molecular formula is C17H16Cl2N2O. The molecule has 3 nitrogen and oxygen atoms in total. The predicted molar refractivity (Wildman–Crippen MR) is 91.0 cm³/mol. The van der Waals surface area contributed by atoms with Gasteiger partial charge in [0.25, 0.3) is 5.91 Å². The third-order valence-corrected chi connectivity index (χ3v) is 4.67. The lowest BCUT2D eigenvalue weighted by Gasteiger charge is -2.36. The van der Waals surface area contributed by atoms with Crippen LogP contribution in [0.25, 0.3) is 0 Å². The van der Waals surface area contributed by atoms with Gasteiger partial charge in [-0.25, -0.2) is 0 Å². The van der Waals surface area contributed by atoms with Gasteiger partial charge in [0.1, 0.15) is 0 Å². The van der Waals surface area contributed by atoms with Gasteiger partial charge in [-0.1, -0.05) is 47.5 Å².